The van der Waals surface area contributed by atoms with Gasteiger partial charge in [-0.3, -0.25) is 14.9 Å². The normalized spacial score (nSPS) is 16.3. The van der Waals surface area contributed by atoms with Gasteiger partial charge in [0, 0.05) is 56.0 Å². The summed E-state index contributed by atoms with van der Waals surface area (Å²) in [6.07, 6.45) is 2.12. The number of anilines is 1. The highest BCUT2D eigenvalue weighted by Crippen LogP contribution is 2.45. The van der Waals surface area contributed by atoms with Gasteiger partial charge >= 0.3 is 5.97 Å². The molecule has 0 saturated heterocycles. The van der Waals surface area contributed by atoms with Gasteiger partial charge in [0.15, 0.2) is 5.82 Å². The third-order valence-electron chi connectivity index (χ3n) is 9.81. The zero-order chi connectivity index (χ0) is 36.6. The Morgan fingerprint density at radius 1 is 1.02 bits per heavy atom. The van der Waals surface area contributed by atoms with Crippen molar-refractivity contribution in [2.45, 2.75) is 65.3 Å². The zero-order valence-electron chi connectivity index (χ0n) is 30.2. The number of halogens is 2. The zero-order valence-corrected chi connectivity index (χ0v) is 31.7. The molecule has 3 aromatic carbocycles. The fraction of sp³-hybridized carbons (Fsp3) is 0.410. The third kappa shape index (κ3) is 7.46. The molecule has 1 aliphatic heterocycles. The van der Waals surface area contributed by atoms with Crippen LogP contribution in [0.4, 0.5) is 5.69 Å². The minimum Gasteiger partial charge on any atom is -0.496 e. The average molecular weight is 735 g/mol. The number of fused-ring (bicyclic) bond motifs is 2. The summed E-state index contributed by atoms with van der Waals surface area (Å²) in [5, 5.41) is 7.21. The molecule has 2 unspecified atom stereocenters. The molecular weight excluding hydrogens is 689 g/mol. The Kier molecular flexibility index (Phi) is 10.7. The summed E-state index contributed by atoms with van der Waals surface area (Å²) in [7, 11) is 6.92. The van der Waals surface area contributed by atoms with Crippen LogP contribution >= 0.6 is 23.2 Å². The van der Waals surface area contributed by atoms with E-state index in [1.807, 2.05) is 68.8 Å². The standard InChI is InChI=1S/C39H45Cl2N5O5/c1-39(2,3)35(38(48)50-7)42-20-22-18-27(40)33(19-32(22)49-6)51-31-15-14-24-23(10-8-11-25(24)31)26-12-9-13-28(34(26)41)44-37(47)36-43-29-21-45(4)17-16-30(29)46(36)5/h8-13,18-19,31,35,42H,14-17,20-21H2,1-7H3,(H,44,47). The van der Waals surface area contributed by atoms with Crippen LogP contribution in [-0.2, 0) is 42.5 Å². The van der Waals surface area contributed by atoms with Crippen molar-refractivity contribution in [1.29, 1.82) is 0 Å². The first kappa shape index (κ1) is 36.7. The van der Waals surface area contributed by atoms with E-state index < -0.39 is 6.04 Å². The molecule has 0 saturated carbocycles. The Bertz CT molecular complexity index is 1970. The first-order valence-electron chi connectivity index (χ1n) is 17.1. The highest BCUT2D eigenvalue weighted by Gasteiger charge is 2.33. The molecule has 51 heavy (non-hydrogen) atoms. The molecule has 2 atom stereocenters. The fourth-order valence-corrected chi connectivity index (χ4v) is 7.59. The lowest BCUT2D eigenvalue weighted by molar-refractivity contribution is -0.146. The second kappa shape index (κ2) is 14.9. The van der Waals surface area contributed by atoms with E-state index in [2.05, 4.69) is 33.6 Å². The number of imidazole rings is 1. The molecule has 0 fully saturated rings. The van der Waals surface area contributed by atoms with Gasteiger partial charge in [-0.05, 0) is 54.1 Å². The van der Waals surface area contributed by atoms with Crippen molar-refractivity contribution in [2.24, 2.45) is 12.5 Å². The second-order valence-corrected chi connectivity index (χ2v) is 15.1. The Morgan fingerprint density at radius 2 is 1.76 bits per heavy atom. The van der Waals surface area contributed by atoms with E-state index in [9.17, 15) is 9.59 Å². The van der Waals surface area contributed by atoms with E-state index in [1.165, 1.54) is 7.11 Å². The van der Waals surface area contributed by atoms with Gasteiger partial charge in [0.25, 0.3) is 5.91 Å². The molecule has 0 spiro atoms. The lowest BCUT2D eigenvalue weighted by Gasteiger charge is -2.29. The molecular formula is C39H45Cl2N5O5. The number of hydrogen-bond donors (Lipinski definition) is 2. The van der Waals surface area contributed by atoms with E-state index in [0.717, 1.165) is 71.6 Å². The smallest absolute Gasteiger partial charge is 0.323 e. The maximum atomic E-state index is 13.5. The largest absolute Gasteiger partial charge is 0.496 e. The van der Waals surface area contributed by atoms with E-state index in [4.69, 9.17) is 37.4 Å². The van der Waals surface area contributed by atoms with Crippen LogP contribution in [0.2, 0.25) is 10.0 Å². The summed E-state index contributed by atoms with van der Waals surface area (Å²) in [6, 6.07) is 14.9. The number of hydrogen-bond acceptors (Lipinski definition) is 8. The van der Waals surface area contributed by atoms with Gasteiger partial charge in [-0.1, -0.05) is 74.3 Å². The summed E-state index contributed by atoms with van der Waals surface area (Å²) in [4.78, 5) is 32.8. The number of aromatic nitrogens is 2. The molecule has 270 valence electrons. The van der Waals surface area contributed by atoms with Crippen molar-refractivity contribution in [2.75, 3.05) is 33.1 Å². The first-order chi connectivity index (χ1) is 24.3. The van der Waals surface area contributed by atoms with Gasteiger partial charge in [-0.25, -0.2) is 4.98 Å². The number of carbonyl (C=O) groups is 2. The quantitative estimate of drug-likeness (QED) is 0.163. The van der Waals surface area contributed by atoms with Gasteiger partial charge in [0.2, 0.25) is 0 Å². The maximum absolute atomic E-state index is 13.5. The molecule has 10 nitrogen and oxygen atoms in total. The summed E-state index contributed by atoms with van der Waals surface area (Å²) in [6.45, 7) is 7.92. The van der Waals surface area contributed by atoms with Crippen LogP contribution in [0.5, 0.6) is 11.5 Å². The lowest BCUT2D eigenvalue weighted by Crippen LogP contribution is -2.46. The number of nitrogens with zero attached hydrogens (tertiary/aromatic N) is 3. The van der Waals surface area contributed by atoms with Gasteiger partial charge in [0.05, 0.1) is 35.6 Å². The number of ether oxygens (including phenoxy) is 3. The Hall–Kier alpha value is -4.09. The van der Waals surface area contributed by atoms with Crippen LogP contribution < -0.4 is 20.1 Å². The summed E-state index contributed by atoms with van der Waals surface area (Å²) >= 11 is 13.8. The number of nitrogens with one attached hydrogen (secondary N) is 2. The molecule has 0 radical (unpaired) electrons. The van der Waals surface area contributed by atoms with E-state index in [0.29, 0.717) is 39.6 Å². The maximum Gasteiger partial charge on any atom is 0.323 e. The van der Waals surface area contributed by atoms with Crippen molar-refractivity contribution >= 4 is 40.8 Å². The van der Waals surface area contributed by atoms with Crippen LogP contribution in [0.15, 0.2) is 48.5 Å². The number of esters is 1. The first-order valence-corrected chi connectivity index (χ1v) is 17.9. The van der Waals surface area contributed by atoms with Crippen molar-refractivity contribution < 1.29 is 23.8 Å². The molecule has 12 heteroatoms. The second-order valence-electron chi connectivity index (χ2n) is 14.3. The topological polar surface area (TPSA) is 107 Å². The molecule has 1 amide bonds. The Balaban J connectivity index is 1.21. The van der Waals surface area contributed by atoms with Crippen LogP contribution in [0.1, 0.15) is 72.0 Å². The van der Waals surface area contributed by atoms with Gasteiger partial charge in [-0.15, -0.1) is 0 Å². The third-order valence-corrected chi connectivity index (χ3v) is 10.5. The fourth-order valence-electron chi connectivity index (χ4n) is 7.09. The Labute approximate surface area is 309 Å². The van der Waals surface area contributed by atoms with Gasteiger partial charge in [-0.2, -0.15) is 0 Å². The monoisotopic (exact) mass is 733 g/mol. The molecule has 2 N–H and O–H groups in total. The van der Waals surface area contributed by atoms with Crippen molar-refractivity contribution in [3.63, 3.8) is 0 Å². The number of likely N-dealkylation sites (N-methyl/N-ethyl adjacent to an activating group) is 1. The summed E-state index contributed by atoms with van der Waals surface area (Å²) in [5.74, 6) is 0.834. The lowest BCUT2D eigenvalue weighted by atomic mass is 9.86. The van der Waals surface area contributed by atoms with E-state index in [-0.39, 0.29) is 23.4 Å². The summed E-state index contributed by atoms with van der Waals surface area (Å²) in [5.41, 5.74) is 6.97. The molecule has 0 bridgehead atoms. The van der Waals surface area contributed by atoms with Gasteiger partial charge in [0.1, 0.15) is 23.6 Å². The molecule has 1 aromatic heterocycles. The minimum absolute atomic E-state index is 0.245. The van der Waals surface area contributed by atoms with E-state index in [1.54, 1.807) is 13.2 Å². The predicted octanol–water partition coefficient (Wildman–Crippen LogP) is 7.39. The Morgan fingerprint density at radius 3 is 2.49 bits per heavy atom. The van der Waals surface area contributed by atoms with E-state index >= 15 is 0 Å². The predicted molar refractivity (Wildman–Crippen MR) is 200 cm³/mol. The highest BCUT2D eigenvalue weighted by molar-refractivity contribution is 6.36. The summed E-state index contributed by atoms with van der Waals surface area (Å²) < 4.78 is 19.2. The number of rotatable bonds is 10. The number of methoxy groups -OCH3 is 2. The van der Waals surface area contributed by atoms with Crippen LogP contribution in [-0.4, -0.2) is 60.2 Å². The van der Waals surface area contributed by atoms with Crippen LogP contribution in [0, 0.1) is 5.41 Å². The van der Waals surface area contributed by atoms with Crippen molar-refractivity contribution in [3.8, 4) is 22.6 Å². The SMILES string of the molecule is COC(=O)C(NCc1cc(Cl)c(OC2CCc3c(-c4cccc(NC(=O)c5nc6c(n5C)CCN(C)C6)c4Cl)cccc32)cc1OC)C(C)(C)C. The molecule has 2 aliphatic rings. The number of amides is 1. The van der Waals surface area contributed by atoms with Crippen LogP contribution in [0.3, 0.4) is 0 Å². The molecule has 2 heterocycles. The molecule has 6 rings (SSSR count). The highest BCUT2D eigenvalue weighted by atomic mass is 35.5. The molecule has 1 aliphatic carbocycles. The van der Waals surface area contributed by atoms with Gasteiger partial charge < -0.3 is 29.0 Å². The molecule has 4 aromatic rings. The average Bonchev–Trinajstić information content (AvgIpc) is 3.66. The number of carbonyl (C=O) groups excluding carboxylic acids is 2. The van der Waals surface area contributed by atoms with Crippen LogP contribution in [0.25, 0.3) is 11.1 Å². The minimum atomic E-state index is -0.523. The van der Waals surface area contributed by atoms with Crippen molar-refractivity contribution in [1.82, 2.24) is 19.8 Å². The number of benzene rings is 3. The van der Waals surface area contributed by atoms with Crippen molar-refractivity contribution in [3.05, 3.63) is 92.5 Å².